The van der Waals surface area contributed by atoms with Gasteiger partial charge >= 0.3 is 0 Å². The van der Waals surface area contributed by atoms with Gasteiger partial charge in [0.25, 0.3) is 0 Å². The van der Waals surface area contributed by atoms with Crippen molar-refractivity contribution in [1.82, 2.24) is 8.61 Å². The van der Waals surface area contributed by atoms with E-state index in [1.807, 2.05) is 0 Å². The molecular formula is C26H36N2O8S2. The van der Waals surface area contributed by atoms with Crippen LogP contribution in [0.1, 0.15) is 32.1 Å². The Morgan fingerprint density at radius 1 is 0.658 bits per heavy atom. The first kappa shape index (κ1) is 28.5. The third-order valence-corrected chi connectivity index (χ3v) is 11.3. The van der Waals surface area contributed by atoms with Crippen LogP contribution in [0.25, 0.3) is 0 Å². The first-order chi connectivity index (χ1) is 18.2. The van der Waals surface area contributed by atoms with Gasteiger partial charge in [-0.2, -0.15) is 8.61 Å². The molecule has 2 aliphatic rings. The molecule has 1 unspecified atom stereocenters. The summed E-state index contributed by atoms with van der Waals surface area (Å²) in [5.41, 5.74) is 0. The third kappa shape index (κ3) is 5.45. The lowest BCUT2D eigenvalue weighted by Crippen LogP contribution is -2.59. The Kier molecular flexibility index (Phi) is 8.75. The normalized spacial score (nSPS) is 20.2. The molecule has 0 bridgehead atoms. The highest BCUT2D eigenvalue weighted by atomic mass is 32.2. The molecule has 0 radical (unpaired) electrons. The molecule has 1 heterocycles. The highest BCUT2D eigenvalue weighted by Crippen LogP contribution is 2.38. The fraction of sp³-hybridized carbons (Fsp3) is 0.538. The van der Waals surface area contributed by atoms with Crippen LogP contribution in [0, 0.1) is 5.92 Å². The molecule has 2 aromatic rings. The summed E-state index contributed by atoms with van der Waals surface area (Å²) < 4.78 is 79.3. The van der Waals surface area contributed by atoms with Crippen LogP contribution in [-0.2, 0) is 20.0 Å². The first-order valence-electron chi connectivity index (χ1n) is 12.6. The Morgan fingerprint density at radius 2 is 1.16 bits per heavy atom. The number of benzene rings is 2. The maximum Gasteiger partial charge on any atom is 0.243 e. The van der Waals surface area contributed by atoms with Crippen LogP contribution >= 0.6 is 0 Å². The molecule has 2 fully saturated rings. The van der Waals surface area contributed by atoms with E-state index in [-0.39, 0.29) is 35.3 Å². The molecule has 0 amide bonds. The van der Waals surface area contributed by atoms with Crippen molar-refractivity contribution in [3.05, 3.63) is 36.4 Å². The molecule has 1 aliphatic heterocycles. The summed E-state index contributed by atoms with van der Waals surface area (Å²) in [6.45, 7) is 0.157. The van der Waals surface area contributed by atoms with Gasteiger partial charge in [0.05, 0.1) is 38.2 Å². The number of sulfonamides is 2. The second kappa shape index (κ2) is 11.7. The number of nitrogens with zero attached hydrogens (tertiary/aromatic N) is 2. The van der Waals surface area contributed by atoms with Gasteiger partial charge in [0, 0.05) is 37.8 Å². The van der Waals surface area contributed by atoms with Gasteiger partial charge in [0.2, 0.25) is 20.0 Å². The van der Waals surface area contributed by atoms with Gasteiger partial charge in [-0.05, 0) is 43.0 Å². The second-order valence-corrected chi connectivity index (χ2v) is 13.3. The Hall–Kier alpha value is -2.54. The monoisotopic (exact) mass is 568 g/mol. The predicted octanol–water partition coefficient (Wildman–Crippen LogP) is 3.37. The number of piperazine rings is 1. The van der Waals surface area contributed by atoms with Gasteiger partial charge in [-0.3, -0.25) is 0 Å². The number of hydrogen-bond donors (Lipinski definition) is 0. The van der Waals surface area contributed by atoms with Crippen molar-refractivity contribution < 1.29 is 35.8 Å². The summed E-state index contributed by atoms with van der Waals surface area (Å²) in [6, 6.07) is 8.52. The zero-order valence-corrected chi connectivity index (χ0v) is 23.9. The van der Waals surface area contributed by atoms with Gasteiger partial charge in [-0.15, -0.1) is 0 Å². The van der Waals surface area contributed by atoms with Crippen LogP contribution in [-0.4, -0.2) is 79.6 Å². The van der Waals surface area contributed by atoms with E-state index in [2.05, 4.69) is 0 Å². The summed E-state index contributed by atoms with van der Waals surface area (Å²) in [7, 11) is -1.96. The van der Waals surface area contributed by atoms with Crippen LogP contribution in [0.15, 0.2) is 46.2 Å². The lowest BCUT2D eigenvalue weighted by atomic mass is 9.83. The van der Waals surface area contributed by atoms with E-state index in [1.165, 1.54) is 61.3 Å². The molecule has 0 N–H and O–H groups in total. The van der Waals surface area contributed by atoms with Gasteiger partial charge < -0.3 is 18.9 Å². The topological polar surface area (TPSA) is 112 Å². The van der Waals surface area contributed by atoms with E-state index in [4.69, 9.17) is 18.9 Å². The van der Waals surface area contributed by atoms with Crippen LogP contribution < -0.4 is 18.9 Å². The Labute approximate surface area is 225 Å². The van der Waals surface area contributed by atoms with Gasteiger partial charge in [-0.25, -0.2) is 16.8 Å². The molecule has 1 aliphatic carbocycles. The zero-order chi connectivity index (χ0) is 27.5. The number of rotatable bonds is 9. The first-order valence-corrected chi connectivity index (χ1v) is 15.5. The quantitative estimate of drug-likeness (QED) is 0.453. The highest BCUT2D eigenvalue weighted by molar-refractivity contribution is 7.89. The lowest BCUT2D eigenvalue weighted by Gasteiger charge is -2.44. The fourth-order valence-electron chi connectivity index (χ4n) is 5.43. The van der Waals surface area contributed by atoms with E-state index >= 15 is 0 Å². The summed E-state index contributed by atoms with van der Waals surface area (Å²) in [4.78, 5) is 0.167. The largest absolute Gasteiger partial charge is 0.493 e. The molecule has 12 heteroatoms. The fourth-order valence-corrected chi connectivity index (χ4v) is 8.57. The highest BCUT2D eigenvalue weighted by Gasteiger charge is 2.43. The van der Waals surface area contributed by atoms with Crippen LogP contribution in [0.2, 0.25) is 0 Å². The molecule has 1 saturated heterocycles. The Morgan fingerprint density at radius 3 is 1.66 bits per heavy atom. The molecule has 38 heavy (non-hydrogen) atoms. The van der Waals surface area contributed by atoms with Crippen LogP contribution in [0.5, 0.6) is 23.0 Å². The molecule has 210 valence electrons. The van der Waals surface area contributed by atoms with Gasteiger partial charge in [0.15, 0.2) is 23.0 Å². The number of ether oxygens (including phenoxy) is 4. The standard InChI is InChI=1S/C26H36N2O8S2/c1-33-23-12-10-20(16-25(23)35-3)37(29,30)27-14-15-28(22(18-27)19-8-6-5-7-9-19)38(31,32)21-11-13-24(34-2)26(17-21)36-4/h10-13,16-17,19,22H,5-9,14-15,18H2,1-4H3. The summed E-state index contributed by atoms with van der Waals surface area (Å²) in [6.07, 6.45) is 4.79. The van der Waals surface area contributed by atoms with E-state index < -0.39 is 26.1 Å². The lowest BCUT2D eigenvalue weighted by molar-refractivity contribution is 0.126. The smallest absolute Gasteiger partial charge is 0.243 e. The van der Waals surface area contributed by atoms with Gasteiger partial charge in [0.1, 0.15) is 0 Å². The van der Waals surface area contributed by atoms with Crippen LogP contribution in [0.4, 0.5) is 0 Å². The minimum Gasteiger partial charge on any atom is -0.493 e. The zero-order valence-electron chi connectivity index (χ0n) is 22.3. The van der Waals surface area contributed by atoms with E-state index in [0.717, 1.165) is 32.1 Å². The molecule has 1 atom stereocenters. The summed E-state index contributed by atoms with van der Waals surface area (Å²) in [5, 5.41) is 0. The minimum absolute atomic E-state index is 0.0341. The molecular weight excluding hydrogens is 532 g/mol. The van der Waals surface area contributed by atoms with Crippen molar-refractivity contribution in [2.45, 2.75) is 47.9 Å². The Balaban J connectivity index is 1.68. The number of methoxy groups -OCH3 is 4. The maximum atomic E-state index is 13.9. The molecule has 0 spiro atoms. The van der Waals surface area contributed by atoms with Crippen molar-refractivity contribution in [3.8, 4) is 23.0 Å². The van der Waals surface area contributed by atoms with E-state index in [9.17, 15) is 16.8 Å². The third-order valence-electron chi connectivity index (χ3n) is 7.48. The predicted molar refractivity (Wildman–Crippen MR) is 142 cm³/mol. The maximum absolute atomic E-state index is 13.9. The molecule has 0 aromatic heterocycles. The Bertz CT molecular complexity index is 1340. The van der Waals surface area contributed by atoms with Crippen molar-refractivity contribution >= 4 is 20.0 Å². The van der Waals surface area contributed by atoms with Gasteiger partial charge in [-0.1, -0.05) is 19.3 Å². The summed E-state index contributed by atoms with van der Waals surface area (Å²) in [5.74, 6) is 1.55. The van der Waals surface area contributed by atoms with Crippen molar-refractivity contribution in [2.75, 3.05) is 48.1 Å². The SMILES string of the molecule is COc1ccc(S(=O)(=O)N2CCN(S(=O)(=O)c3ccc(OC)c(OC)c3)C(C3CCCCC3)C2)cc1OC. The van der Waals surface area contributed by atoms with Crippen molar-refractivity contribution in [1.29, 1.82) is 0 Å². The molecule has 10 nitrogen and oxygen atoms in total. The van der Waals surface area contributed by atoms with Crippen molar-refractivity contribution in [2.24, 2.45) is 5.92 Å². The van der Waals surface area contributed by atoms with E-state index in [0.29, 0.717) is 23.0 Å². The summed E-state index contributed by atoms with van der Waals surface area (Å²) >= 11 is 0. The molecule has 2 aromatic carbocycles. The van der Waals surface area contributed by atoms with Crippen LogP contribution in [0.3, 0.4) is 0 Å². The minimum atomic E-state index is -3.93. The molecule has 4 rings (SSSR count). The second-order valence-electron chi connectivity index (χ2n) is 9.48. The molecule has 1 saturated carbocycles. The van der Waals surface area contributed by atoms with Crippen molar-refractivity contribution in [3.63, 3.8) is 0 Å². The average Bonchev–Trinajstić information content (AvgIpc) is 2.96. The van der Waals surface area contributed by atoms with E-state index in [1.54, 1.807) is 12.1 Å². The number of hydrogen-bond acceptors (Lipinski definition) is 8. The average molecular weight is 569 g/mol.